The van der Waals surface area contributed by atoms with Gasteiger partial charge in [0.15, 0.2) is 0 Å². The number of benzene rings is 1. The normalized spacial score (nSPS) is 17.0. The molecule has 0 aromatic heterocycles. The molecule has 1 aliphatic rings. The second-order valence-electron chi connectivity index (χ2n) is 6.36. The summed E-state index contributed by atoms with van der Waals surface area (Å²) in [6.45, 7) is 9.55. The van der Waals surface area contributed by atoms with E-state index in [4.69, 9.17) is 4.74 Å². The number of carbonyl (C=O) groups excluding carboxylic acids is 1. The van der Waals surface area contributed by atoms with Gasteiger partial charge in [0.05, 0.1) is 13.2 Å². The van der Waals surface area contributed by atoms with Crippen LogP contribution in [0.3, 0.4) is 0 Å². The van der Waals surface area contributed by atoms with Crippen molar-refractivity contribution in [2.24, 2.45) is 11.8 Å². The lowest BCUT2D eigenvalue weighted by Gasteiger charge is -2.26. The van der Waals surface area contributed by atoms with Crippen LogP contribution in [-0.2, 0) is 11.2 Å². The molecule has 1 aromatic rings. The van der Waals surface area contributed by atoms with Crippen LogP contribution < -0.4 is 0 Å². The molecule has 1 saturated heterocycles. The van der Waals surface area contributed by atoms with E-state index in [0.29, 0.717) is 26.3 Å². The number of morpholine rings is 1. The number of ether oxygens (including phenoxy) is 1. The van der Waals surface area contributed by atoms with Gasteiger partial charge in [0.25, 0.3) is 5.91 Å². The van der Waals surface area contributed by atoms with E-state index in [0.717, 1.165) is 23.8 Å². The van der Waals surface area contributed by atoms with Gasteiger partial charge in [-0.2, -0.15) is 0 Å². The topological polar surface area (TPSA) is 29.5 Å². The summed E-state index contributed by atoms with van der Waals surface area (Å²) in [4.78, 5) is 14.2. The van der Waals surface area contributed by atoms with Crippen LogP contribution in [0, 0.1) is 11.8 Å². The number of aryl methyl sites for hydroxylation is 1. The highest BCUT2D eigenvalue weighted by Crippen LogP contribution is 2.18. The molecule has 1 atom stereocenters. The second-order valence-corrected chi connectivity index (χ2v) is 6.36. The largest absolute Gasteiger partial charge is 0.378 e. The Morgan fingerprint density at radius 3 is 2.33 bits per heavy atom. The lowest BCUT2D eigenvalue weighted by molar-refractivity contribution is 0.0303. The van der Waals surface area contributed by atoms with Gasteiger partial charge < -0.3 is 9.64 Å². The molecule has 0 radical (unpaired) electrons. The first kappa shape index (κ1) is 16.0. The third kappa shape index (κ3) is 4.57. The molecule has 1 unspecified atom stereocenters. The molecule has 0 bridgehead atoms. The Bertz CT molecular complexity index is 447. The Kier molecular flexibility index (Phi) is 5.80. The monoisotopic (exact) mass is 289 g/mol. The minimum Gasteiger partial charge on any atom is -0.378 e. The Morgan fingerprint density at radius 2 is 1.76 bits per heavy atom. The maximum Gasteiger partial charge on any atom is 0.254 e. The minimum atomic E-state index is 0.125. The number of nitrogens with zero attached hydrogens (tertiary/aromatic N) is 1. The molecule has 3 heteroatoms. The van der Waals surface area contributed by atoms with Crippen LogP contribution in [-0.4, -0.2) is 37.1 Å². The summed E-state index contributed by atoms with van der Waals surface area (Å²) in [6, 6.07) is 8.13. The summed E-state index contributed by atoms with van der Waals surface area (Å²) in [5.74, 6) is 1.59. The SMILES string of the molecule is CC(C)C(C)CCc1ccc(C(=O)N2CCOCC2)cc1. The number of hydrogen-bond donors (Lipinski definition) is 0. The number of amides is 1. The molecular formula is C18H27NO2. The van der Waals surface area contributed by atoms with Crippen LogP contribution in [0.25, 0.3) is 0 Å². The molecule has 21 heavy (non-hydrogen) atoms. The van der Waals surface area contributed by atoms with E-state index in [1.165, 1.54) is 12.0 Å². The Balaban J connectivity index is 1.90. The molecule has 116 valence electrons. The van der Waals surface area contributed by atoms with Gasteiger partial charge in [0.1, 0.15) is 0 Å². The van der Waals surface area contributed by atoms with Crippen molar-refractivity contribution >= 4 is 5.91 Å². The summed E-state index contributed by atoms with van der Waals surface area (Å²) in [5, 5.41) is 0. The third-order valence-corrected chi connectivity index (χ3v) is 4.53. The minimum absolute atomic E-state index is 0.125. The van der Waals surface area contributed by atoms with E-state index in [1.54, 1.807) is 0 Å². The van der Waals surface area contributed by atoms with Crippen molar-refractivity contribution in [3.8, 4) is 0 Å². The molecule has 0 N–H and O–H groups in total. The van der Waals surface area contributed by atoms with Crippen LogP contribution in [0.15, 0.2) is 24.3 Å². The van der Waals surface area contributed by atoms with Gasteiger partial charge in [-0.05, 0) is 42.4 Å². The van der Waals surface area contributed by atoms with E-state index >= 15 is 0 Å². The number of hydrogen-bond acceptors (Lipinski definition) is 2. The van der Waals surface area contributed by atoms with Crippen molar-refractivity contribution in [3.63, 3.8) is 0 Å². The lowest BCUT2D eigenvalue weighted by Crippen LogP contribution is -2.40. The van der Waals surface area contributed by atoms with Crippen LogP contribution in [0.1, 0.15) is 43.1 Å². The van der Waals surface area contributed by atoms with E-state index in [1.807, 2.05) is 17.0 Å². The summed E-state index contributed by atoms with van der Waals surface area (Å²) in [6.07, 6.45) is 2.29. The van der Waals surface area contributed by atoms with Gasteiger partial charge in [-0.1, -0.05) is 32.9 Å². The molecule has 1 amide bonds. The predicted molar refractivity (Wildman–Crippen MR) is 85.5 cm³/mol. The zero-order chi connectivity index (χ0) is 15.2. The molecule has 3 nitrogen and oxygen atoms in total. The first-order chi connectivity index (χ1) is 10.1. The highest BCUT2D eigenvalue weighted by Gasteiger charge is 2.18. The third-order valence-electron chi connectivity index (χ3n) is 4.53. The van der Waals surface area contributed by atoms with Crippen molar-refractivity contribution in [2.75, 3.05) is 26.3 Å². The van der Waals surface area contributed by atoms with Gasteiger partial charge in [-0.3, -0.25) is 4.79 Å². The predicted octanol–water partition coefficient (Wildman–Crippen LogP) is 3.38. The van der Waals surface area contributed by atoms with Crippen molar-refractivity contribution in [2.45, 2.75) is 33.6 Å². The molecule has 1 heterocycles. The number of carbonyl (C=O) groups is 1. The van der Waals surface area contributed by atoms with Crippen LogP contribution in [0.4, 0.5) is 0 Å². The molecule has 1 aliphatic heterocycles. The maximum atomic E-state index is 12.3. The van der Waals surface area contributed by atoms with Crippen LogP contribution in [0.5, 0.6) is 0 Å². The molecular weight excluding hydrogens is 262 g/mol. The Labute approximate surface area is 128 Å². The highest BCUT2D eigenvalue weighted by atomic mass is 16.5. The van der Waals surface area contributed by atoms with Crippen molar-refractivity contribution in [1.29, 1.82) is 0 Å². The average Bonchev–Trinajstić information content (AvgIpc) is 2.53. The summed E-state index contributed by atoms with van der Waals surface area (Å²) >= 11 is 0. The first-order valence-electron chi connectivity index (χ1n) is 8.04. The first-order valence-corrected chi connectivity index (χ1v) is 8.04. The fourth-order valence-corrected chi connectivity index (χ4v) is 2.49. The molecule has 1 aromatic carbocycles. The zero-order valence-corrected chi connectivity index (χ0v) is 13.5. The maximum absolute atomic E-state index is 12.3. The van der Waals surface area contributed by atoms with Crippen molar-refractivity contribution in [3.05, 3.63) is 35.4 Å². The van der Waals surface area contributed by atoms with Gasteiger partial charge in [-0.25, -0.2) is 0 Å². The smallest absolute Gasteiger partial charge is 0.254 e. The van der Waals surface area contributed by atoms with E-state index in [2.05, 4.69) is 32.9 Å². The van der Waals surface area contributed by atoms with E-state index in [-0.39, 0.29) is 5.91 Å². The summed E-state index contributed by atoms with van der Waals surface area (Å²) in [7, 11) is 0. The van der Waals surface area contributed by atoms with E-state index < -0.39 is 0 Å². The van der Waals surface area contributed by atoms with Crippen LogP contribution >= 0.6 is 0 Å². The summed E-state index contributed by atoms with van der Waals surface area (Å²) in [5.41, 5.74) is 2.11. The van der Waals surface area contributed by atoms with Crippen molar-refractivity contribution < 1.29 is 9.53 Å². The van der Waals surface area contributed by atoms with Crippen LogP contribution in [0.2, 0.25) is 0 Å². The molecule has 1 fully saturated rings. The van der Waals surface area contributed by atoms with Gasteiger partial charge in [0, 0.05) is 18.7 Å². The standard InChI is InChI=1S/C18H27NO2/c1-14(2)15(3)4-5-16-6-8-17(9-7-16)18(20)19-10-12-21-13-11-19/h6-9,14-15H,4-5,10-13H2,1-3H3. The zero-order valence-electron chi connectivity index (χ0n) is 13.5. The Hall–Kier alpha value is -1.35. The average molecular weight is 289 g/mol. The fourth-order valence-electron chi connectivity index (χ4n) is 2.49. The number of rotatable bonds is 5. The summed E-state index contributed by atoms with van der Waals surface area (Å²) < 4.78 is 5.28. The molecule has 0 aliphatic carbocycles. The molecule has 2 rings (SSSR count). The van der Waals surface area contributed by atoms with E-state index in [9.17, 15) is 4.79 Å². The Morgan fingerprint density at radius 1 is 1.14 bits per heavy atom. The lowest BCUT2D eigenvalue weighted by atomic mass is 9.91. The van der Waals surface area contributed by atoms with Gasteiger partial charge >= 0.3 is 0 Å². The van der Waals surface area contributed by atoms with Gasteiger partial charge in [-0.15, -0.1) is 0 Å². The quantitative estimate of drug-likeness (QED) is 0.831. The molecule has 0 spiro atoms. The second kappa shape index (κ2) is 7.60. The fraction of sp³-hybridized carbons (Fsp3) is 0.611. The molecule has 0 saturated carbocycles. The van der Waals surface area contributed by atoms with Gasteiger partial charge in [0.2, 0.25) is 0 Å². The van der Waals surface area contributed by atoms with Crippen molar-refractivity contribution in [1.82, 2.24) is 4.90 Å². The highest BCUT2D eigenvalue weighted by molar-refractivity contribution is 5.94.